The summed E-state index contributed by atoms with van der Waals surface area (Å²) in [5.41, 5.74) is 2.04. The van der Waals surface area contributed by atoms with Crippen LogP contribution < -0.4 is 19.9 Å². The molecule has 1 N–H and O–H groups in total. The maximum absolute atomic E-state index is 12.3. The molecular weight excluding hydrogens is 390 g/mol. The monoisotopic (exact) mass is 407 g/mol. The van der Waals surface area contributed by atoms with E-state index in [0.717, 1.165) is 11.1 Å². The molecule has 152 valence electrons. The molecule has 30 heavy (non-hydrogen) atoms. The predicted octanol–water partition coefficient (Wildman–Crippen LogP) is 1.78. The maximum Gasteiger partial charge on any atom is 0.348 e. The van der Waals surface area contributed by atoms with Gasteiger partial charge in [-0.1, -0.05) is 6.07 Å². The second-order valence-corrected chi connectivity index (χ2v) is 7.00. The van der Waals surface area contributed by atoms with E-state index in [2.05, 4.69) is 9.97 Å². The molecule has 2 aromatic heterocycles. The number of pyridine rings is 1. The van der Waals surface area contributed by atoms with E-state index in [1.807, 2.05) is 0 Å². The molecule has 0 saturated heterocycles. The van der Waals surface area contributed by atoms with E-state index in [4.69, 9.17) is 14.2 Å². The zero-order valence-electron chi connectivity index (χ0n) is 15.8. The van der Waals surface area contributed by atoms with Crippen LogP contribution in [-0.2, 0) is 13.0 Å². The number of hydrogen-bond donors (Lipinski definition) is 1. The molecule has 1 atom stereocenters. The number of rotatable bonds is 4. The lowest BCUT2D eigenvalue weighted by Gasteiger charge is -2.27. The Kier molecular flexibility index (Phi) is 4.35. The highest BCUT2D eigenvalue weighted by Crippen LogP contribution is 2.35. The average molecular weight is 407 g/mol. The molecule has 0 radical (unpaired) electrons. The predicted molar refractivity (Wildman–Crippen MR) is 104 cm³/mol. The number of aromatic carboxylic acids is 1. The molecule has 0 aliphatic carbocycles. The molecule has 1 aromatic carbocycles. The van der Waals surface area contributed by atoms with Gasteiger partial charge in [-0.05, 0) is 36.2 Å². The fourth-order valence-corrected chi connectivity index (χ4v) is 3.69. The lowest BCUT2D eigenvalue weighted by atomic mass is 9.95. The number of carboxylic acid groups (broad SMARTS) is 1. The van der Waals surface area contributed by atoms with Gasteiger partial charge in [0.2, 0.25) is 0 Å². The average Bonchev–Trinajstić information content (AvgIpc) is 2.78. The number of aryl methyl sites for hydroxylation is 1. The van der Waals surface area contributed by atoms with Crippen LogP contribution in [0.3, 0.4) is 0 Å². The lowest BCUT2D eigenvalue weighted by molar-refractivity contribution is 0.0499. The number of fused-ring (bicyclic) bond motifs is 4. The van der Waals surface area contributed by atoms with Crippen LogP contribution >= 0.6 is 0 Å². The lowest BCUT2D eigenvalue weighted by Crippen LogP contribution is -2.35. The van der Waals surface area contributed by atoms with Crippen molar-refractivity contribution in [1.82, 2.24) is 14.5 Å². The minimum Gasteiger partial charge on any atom is -0.486 e. The Morgan fingerprint density at radius 1 is 1.30 bits per heavy atom. The molecule has 0 fully saturated rings. The van der Waals surface area contributed by atoms with Crippen LogP contribution in [0.15, 0.2) is 47.5 Å². The number of ether oxygens (including phenoxy) is 3. The van der Waals surface area contributed by atoms with Crippen molar-refractivity contribution in [3.05, 3.63) is 64.3 Å². The summed E-state index contributed by atoms with van der Waals surface area (Å²) in [7, 11) is 0. The highest BCUT2D eigenvalue weighted by atomic mass is 16.6. The number of nitrogens with zero attached hydrogens (tertiary/aromatic N) is 3. The van der Waals surface area contributed by atoms with Gasteiger partial charge in [-0.2, -0.15) is 4.98 Å². The SMILES string of the molecule is O=C(O)c1ccc2c(c1)CCn1c-2c(OCC2COc3ncccc3O2)cnc1=O. The van der Waals surface area contributed by atoms with Gasteiger partial charge in [-0.15, -0.1) is 0 Å². The molecule has 0 bridgehead atoms. The second-order valence-electron chi connectivity index (χ2n) is 7.00. The largest absolute Gasteiger partial charge is 0.486 e. The van der Waals surface area contributed by atoms with Gasteiger partial charge in [-0.3, -0.25) is 4.57 Å². The first-order chi connectivity index (χ1) is 14.6. The van der Waals surface area contributed by atoms with Crippen molar-refractivity contribution >= 4 is 5.97 Å². The minimum atomic E-state index is -0.990. The van der Waals surface area contributed by atoms with Gasteiger partial charge < -0.3 is 19.3 Å². The van der Waals surface area contributed by atoms with E-state index in [1.165, 1.54) is 12.3 Å². The number of carbonyl (C=O) groups is 1. The van der Waals surface area contributed by atoms with Gasteiger partial charge in [0.25, 0.3) is 5.88 Å². The summed E-state index contributed by atoms with van der Waals surface area (Å²) in [6.45, 7) is 0.866. The third-order valence-electron chi connectivity index (χ3n) is 5.10. The zero-order valence-corrected chi connectivity index (χ0v) is 15.8. The van der Waals surface area contributed by atoms with Gasteiger partial charge in [0.15, 0.2) is 17.6 Å². The molecule has 9 nitrogen and oxygen atoms in total. The molecule has 2 aliphatic heterocycles. The van der Waals surface area contributed by atoms with E-state index in [0.29, 0.717) is 36.0 Å². The van der Waals surface area contributed by atoms with Gasteiger partial charge in [0.1, 0.15) is 13.2 Å². The van der Waals surface area contributed by atoms with Gasteiger partial charge >= 0.3 is 11.7 Å². The summed E-state index contributed by atoms with van der Waals surface area (Å²) in [4.78, 5) is 31.6. The third kappa shape index (κ3) is 3.14. The van der Waals surface area contributed by atoms with E-state index in [-0.39, 0.29) is 30.6 Å². The summed E-state index contributed by atoms with van der Waals surface area (Å²) in [5.74, 6) is 0.436. The summed E-state index contributed by atoms with van der Waals surface area (Å²) in [5, 5.41) is 9.26. The molecule has 3 aromatic rings. The zero-order chi connectivity index (χ0) is 20.7. The Balaban J connectivity index is 1.44. The van der Waals surface area contributed by atoms with Gasteiger partial charge in [0, 0.05) is 18.3 Å². The van der Waals surface area contributed by atoms with Crippen LogP contribution in [0.1, 0.15) is 15.9 Å². The van der Waals surface area contributed by atoms with Crippen molar-refractivity contribution in [2.75, 3.05) is 13.2 Å². The number of aromatic nitrogens is 3. The van der Waals surface area contributed by atoms with Crippen molar-refractivity contribution in [2.24, 2.45) is 0 Å². The van der Waals surface area contributed by atoms with Crippen LogP contribution in [-0.4, -0.2) is 44.9 Å². The van der Waals surface area contributed by atoms with E-state index < -0.39 is 5.97 Å². The molecule has 0 saturated carbocycles. The Morgan fingerprint density at radius 3 is 3.07 bits per heavy atom. The molecule has 1 unspecified atom stereocenters. The molecule has 2 aliphatic rings. The van der Waals surface area contributed by atoms with Gasteiger partial charge in [-0.25, -0.2) is 14.6 Å². The Bertz CT molecular complexity index is 1210. The first kappa shape index (κ1) is 18.2. The van der Waals surface area contributed by atoms with E-state index in [9.17, 15) is 14.7 Å². The minimum absolute atomic E-state index is 0.184. The summed E-state index contributed by atoms with van der Waals surface area (Å²) in [6.07, 6.45) is 3.21. The third-order valence-corrected chi connectivity index (χ3v) is 5.10. The van der Waals surface area contributed by atoms with Crippen molar-refractivity contribution in [1.29, 1.82) is 0 Å². The van der Waals surface area contributed by atoms with Crippen LogP contribution in [0.4, 0.5) is 0 Å². The van der Waals surface area contributed by atoms with Gasteiger partial charge in [0.05, 0.1) is 17.5 Å². The highest BCUT2D eigenvalue weighted by Gasteiger charge is 2.26. The van der Waals surface area contributed by atoms with Crippen molar-refractivity contribution < 1.29 is 24.1 Å². The van der Waals surface area contributed by atoms with Crippen LogP contribution in [0.2, 0.25) is 0 Å². The van der Waals surface area contributed by atoms with E-state index in [1.54, 1.807) is 35.0 Å². The molecule has 0 amide bonds. The summed E-state index contributed by atoms with van der Waals surface area (Å²) >= 11 is 0. The molecular formula is C21H17N3O6. The first-order valence-electron chi connectivity index (χ1n) is 9.44. The van der Waals surface area contributed by atoms with Crippen molar-refractivity contribution in [3.8, 4) is 28.6 Å². The summed E-state index contributed by atoms with van der Waals surface area (Å²) in [6, 6.07) is 8.40. The highest BCUT2D eigenvalue weighted by molar-refractivity contribution is 5.89. The molecule has 4 heterocycles. The number of benzene rings is 1. The smallest absolute Gasteiger partial charge is 0.348 e. The van der Waals surface area contributed by atoms with Crippen LogP contribution in [0.25, 0.3) is 11.3 Å². The van der Waals surface area contributed by atoms with Crippen LogP contribution in [0, 0.1) is 0 Å². The standard InChI is InChI=1S/C21H17N3O6/c25-20(26)13-3-4-15-12(8-13)5-7-24-18(15)17(9-23-21(24)27)28-10-14-11-29-19-16(30-14)2-1-6-22-19/h1-4,6,8-9,14H,5,7,10-11H2,(H,25,26). The second kappa shape index (κ2) is 7.18. The Hall–Kier alpha value is -3.88. The van der Waals surface area contributed by atoms with Crippen molar-refractivity contribution in [3.63, 3.8) is 0 Å². The van der Waals surface area contributed by atoms with E-state index >= 15 is 0 Å². The number of hydrogen-bond acceptors (Lipinski definition) is 7. The molecule has 5 rings (SSSR count). The summed E-state index contributed by atoms with van der Waals surface area (Å²) < 4.78 is 19.0. The topological polar surface area (TPSA) is 113 Å². The fraction of sp³-hybridized carbons (Fsp3) is 0.238. The fourth-order valence-electron chi connectivity index (χ4n) is 3.69. The Labute approximate surface area is 170 Å². The Morgan fingerprint density at radius 2 is 2.20 bits per heavy atom. The quantitative estimate of drug-likeness (QED) is 0.696. The van der Waals surface area contributed by atoms with Crippen molar-refractivity contribution in [2.45, 2.75) is 19.1 Å². The number of carboxylic acids is 1. The molecule has 0 spiro atoms. The van der Waals surface area contributed by atoms with Crippen LogP contribution in [0.5, 0.6) is 17.4 Å². The molecule has 9 heteroatoms. The first-order valence-corrected chi connectivity index (χ1v) is 9.44. The maximum atomic E-state index is 12.3. The normalized spacial score (nSPS) is 16.3.